The summed E-state index contributed by atoms with van der Waals surface area (Å²) < 4.78 is 19.8. The molecule has 0 aliphatic carbocycles. The van der Waals surface area contributed by atoms with Crippen LogP contribution in [0, 0.1) is 10.1 Å². The Hall–Kier alpha value is -5.46. The van der Waals surface area contributed by atoms with Gasteiger partial charge in [0, 0.05) is 11.8 Å². The molecule has 1 aliphatic heterocycles. The summed E-state index contributed by atoms with van der Waals surface area (Å²) in [5, 5.41) is 17.5. The first-order chi connectivity index (χ1) is 19.7. The molecule has 0 aromatic heterocycles. The van der Waals surface area contributed by atoms with Gasteiger partial charge in [-0.3, -0.25) is 15.4 Å². The number of amides is 3. The fraction of sp³-hybridized carbons (Fsp3) is 0.214. The number of nitro benzene ring substituents is 1. The van der Waals surface area contributed by atoms with Crippen molar-refractivity contribution in [2.45, 2.75) is 18.9 Å². The number of aliphatic imine (C=N–C) groups is 1. The van der Waals surface area contributed by atoms with E-state index in [2.05, 4.69) is 25.1 Å². The van der Waals surface area contributed by atoms with E-state index in [0.717, 1.165) is 12.7 Å². The molecule has 3 aromatic rings. The number of nitro groups is 1. The quantitative estimate of drug-likeness (QED) is 0.159. The molecule has 0 fully saturated rings. The molecule has 0 radical (unpaired) electrons. The molecule has 1 heterocycles. The second-order valence-electron chi connectivity index (χ2n) is 8.62. The third kappa shape index (κ3) is 6.41. The predicted molar refractivity (Wildman–Crippen MR) is 147 cm³/mol. The summed E-state index contributed by atoms with van der Waals surface area (Å²) in [7, 11) is 2.32. The highest BCUT2D eigenvalue weighted by molar-refractivity contribution is 6.12. The first kappa shape index (κ1) is 28.5. The van der Waals surface area contributed by atoms with E-state index >= 15 is 0 Å². The molecule has 3 amide bonds. The first-order valence-electron chi connectivity index (χ1n) is 12.4. The van der Waals surface area contributed by atoms with E-state index in [1.807, 2.05) is 30.3 Å². The van der Waals surface area contributed by atoms with Crippen LogP contribution in [0.1, 0.15) is 35.6 Å². The minimum absolute atomic E-state index is 0.0783. The maximum atomic E-state index is 12.9. The Bertz CT molecular complexity index is 1490. The Morgan fingerprint density at radius 2 is 1.73 bits per heavy atom. The van der Waals surface area contributed by atoms with Crippen molar-refractivity contribution in [3.8, 4) is 11.5 Å². The number of hydrogen-bond donors (Lipinski definition) is 2. The SMILES string of the molecule is CCOc1cc(C2NC(=O)N=C(c3ccc(NC(=O)OC)cc3)C2c2ccccc2)cc([N+](=O)[O-])c1OC(=O)OC. The molecule has 212 valence electrons. The average Bonchev–Trinajstić information content (AvgIpc) is 2.98. The van der Waals surface area contributed by atoms with Crippen LogP contribution >= 0.6 is 0 Å². The van der Waals surface area contributed by atoms with Crippen molar-refractivity contribution in [3.63, 3.8) is 0 Å². The van der Waals surface area contributed by atoms with Crippen molar-refractivity contribution >= 4 is 35.4 Å². The van der Waals surface area contributed by atoms with E-state index in [0.29, 0.717) is 22.5 Å². The lowest BCUT2D eigenvalue weighted by Gasteiger charge is -2.33. The zero-order chi connectivity index (χ0) is 29.5. The second-order valence-corrected chi connectivity index (χ2v) is 8.62. The molecule has 3 aromatic carbocycles. The highest BCUT2D eigenvalue weighted by Crippen LogP contribution is 2.44. The molecule has 2 N–H and O–H groups in total. The van der Waals surface area contributed by atoms with Crippen molar-refractivity contribution < 1.29 is 38.3 Å². The van der Waals surface area contributed by atoms with E-state index in [4.69, 9.17) is 9.47 Å². The fourth-order valence-corrected chi connectivity index (χ4v) is 4.42. The minimum atomic E-state index is -1.16. The highest BCUT2D eigenvalue weighted by Gasteiger charge is 2.38. The van der Waals surface area contributed by atoms with Gasteiger partial charge >= 0.3 is 24.0 Å². The average molecular weight is 563 g/mol. The molecule has 13 nitrogen and oxygen atoms in total. The van der Waals surface area contributed by atoms with Gasteiger partial charge in [-0.25, -0.2) is 14.4 Å². The second kappa shape index (κ2) is 12.6. The number of anilines is 1. The van der Waals surface area contributed by atoms with Crippen LogP contribution in [0.2, 0.25) is 0 Å². The van der Waals surface area contributed by atoms with Crippen molar-refractivity contribution in [2.75, 3.05) is 26.1 Å². The van der Waals surface area contributed by atoms with Crippen molar-refractivity contribution in [1.29, 1.82) is 0 Å². The molecule has 41 heavy (non-hydrogen) atoms. The van der Waals surface area contributed by atoms with Gasteiger partial charge in [0.15, 0.2) is 5.75 Å². The maximum Gasteiger partial charge on any atom is 0.513 e. The Balaban J connectivity index is 1.86. The molecule has 2 unspecified atom stereocenters. The van der Waals surface area contributed by atoms with Gasteiger partial charge in [-0.1, -0.05) is 42.5 Å². The standard InChI is InChI=1S/C28H26N4O9/c1-4-40-21-15-18(14-20(32(36)37)25(21)41-28(35)39-3)24-22(16-8-6-5-7-9-16)23(30-26(33)31-24)17-10-12-19(13-11-17)29-27(34)38-2/h5-15,22,24H,4H2,1-3H3,(H,29,34)(H,31,33). The van der Waals surface area contributed by atoms with Gasteiger partial charge in [0.2, 0.25) is 0 Å². The van der Waals surface area contributed by atoms with Crippen LogP contribution in [-0.2, 0) is 9.47 Å². The summed E-state index contributed by atoms with van der Waals surface area (Å²) in [6.07, 6.45) is -1.80. The van der Waals surface area contributed by atoms with Crippen molar-refractivity contribution in [3.05, 3.63) is 93.5 Å². The molecule has 0 bridgehead atoms. The lowest BCUT2D eigenvalue weighted by Crippen LogP contribution is -2.40. The van der Waals surface area contributed by atoms with Crippen LogP contribution in [-0.4, -0.2) is 49.7 Å². The summed E-state index contributed by atoms with van der Waals surface area (Å²) in [4.78, 5) is 52.0. The maximum absolute atomic E-state index is 12.9. The lowest BCUT2D eigenvalue weighted by molar-refractivity contribution is -0.385. The topological polar surface area (TPSA) is 168 Å². The van der Waals surface area contributed by atoms with E-state index in [1.54, 1.807) is 31.2 Å². The van der Waals surface area contributed by atoms with Gasteiger partial charge in [0.25, 0.3) is 5.75 Å². The molecule has 0 spiro atoms. The van der Waals surface area contributed by atoms with E-state index in [9.17, 15) is 24.5 Å². The van der Waals surface area contributed by atoms with Crippen molar-refractivity contribution in [2.24, 2.45) is 4.99 Å². The smallest absolute Gasteiger partial charge is 0.490 e. The number of nitrogens with zero attached hydrogens (tertiary/aromatic N) is 2. The monoisotopic (exact) mass is 562 g/mol. The molecular weight excluding hydrogens is 536 g/mol. The molecule has 0 saturated carbocycles. The van der Waals surface area contributed by atoms with Gasteiger partial charge in [0.1, 0.15) is 0 Å². The van der Waals surface area contributed by atoms with E-state index in [1.165, 1.54) is 19.2 Å². The van der Waals surface area contributed by atoms with Gasteiger partial charge in [-0.05, 0) is 41.8 Å². The van der Waals surface area contributed by atoms with Crippen molar-refractivity contribution in [1.82, 2.24) is 5.32 Å². The van der Waals surface area contributed by atoms with Gasteiger partial charge in [-0.2, -0.15) is 4.99 Å². The summed E-state index contributed by atoms with van der Waals surface area (Å²) >= 11 is 0. The van der Waals surface area contributed by atoms with E-state index < -0.39 is 46.6 Å². The Kier molecular flexibility index (Phi) is 8.77. The molecule has 1 aliphatic rings. The highest BCUT2D eigenvalue weighted by atomic mass is 16.7. The van der Waals surface area contributed by atoms with Crippen LogP contribution < -0.4 is 20.1 Å². The van der Waals surface area contributed by atoms with Gasteiger partial charge in [-0.15, -0.1) is 0 Å². The van der Waals surface area contributed by atoms with Gasteiger partial charge in [0.05, 0.1) is 43.4 Å². The summed E-state index contributed by atoms with van der Waals surface area (Å²) in [5.74, 6) is -1.10. The van der Waals surface area contributed by atoms with E-state index in [-0.39, 0.29) is 12.4 Å². The van der Waals surface area contributed by atoms with Crippen LogP contribution in [0.4, 0.5) is 25.8 Å². The number of hydrogen-bond acceptors (Lipinski definition) is 9. The summed E-state index contributed by atoms with van der Waals surface area (Å²) in [6, 6.07) is 17.0. The number of urea groups is 1. The number of carbonyl (C=O) groups is 3. The Morgan fingerprint density at radius 1 is 1.02 bits per heavy atom. The first-order valence-corrected chi connectivity index (χ1v) is 12.4. The fourth-order valence-electron chi connectivity index (χ4n) is 4.42. The van der Waals surface area contributed by atoms with Crippen LogP contribution in [0.15, 0.2) is 71.7 Å². The number of carbonyl (C=O) groups excluding carboxylic acids is 3. The third-order valence-corrected chi connectivity index (χ3v) is 6.17. The van der Waals surface area contributed by atoms with Crippen LogP contribution in [0.5, 0.6) is 11.5 Å². The van der Waals surface area contributed by atoms with Crippen LogP contribution in [0.25, 0.3) is 0 Å². The molecule has 0 saturated heterocycles. The minimum Gasteiger partial charge on any atom is -0.490 e. The van der Waals surface area contributed by atoms with Crippen LogP contribution in [0.3, 0.4) is 0 Å². The van der Waals surface area contributed by atoms with Gasteiger partial charge < -0.3 is 24.3 Å². The molecule has 4 rings (SSSR count). The lowest BCUT2D eigenvalue weighted by atomic mass is 9.80. The number of methoxy groups -OCH3 is 2. The number of benzene rings is 3. The Labute approximate surface area is 234 Å². The zero-order valence-electron chi connectivity index (χ0n) is 22.3. The number of nitrogens with one attached hydrogen (secondary N) is 2. The number of rotatable bonds is 8. The predicted octanol–water partition coefficient (Wildman–Crippen LogP) is 5.35. The summed E-state index contributed by atoms with van der Waals surface area (Å²) in [6.45, 7) is 1.77. The molecule has 2 atom stereocenters. The number of ether oxygens (including phenoxy) is 4. The molecular formula is C28H26N4O9. The largest absolute Gasteiger partial charge is 0.513 e. The normalized spacial score (nSPS) is 16.1. The third-order valence-electron chi connectivity index (χ3n) is 6.17. The zero-order valence-corrected chi connectivity index (χ0v) is 22.3. The molecule has 13 heteroatoms. The summed E-state index contributed by atoms with van der Waals surface area (Å²) in [5.41, 5.74) is 1.97. The Morgan fingerprint density at radius 3 is 2.34 bits per heavy atom.